The minimum atomic E-state index is -0.181. The molecule has 1 amide bonds. The lowest BCUT2D eigenvalue weighted by atomic mass is 10.2. The largest absolute Gasteiger partial charge is 0.353 e. The Morgan fingerprint density at radius 2 is 1.90 bits per heavy atom. The number of carbonyl (C=O) groups excluding carboxylic acids is 1. The fourth-order valence-corrected chi connectivity index (χ4v) is 5.04. The minimum absolute atomic E-state index is 0.0265. The molecule has 0 spiro atoms. The smallest absolute Gasteiger partial charge is 0.267 e. The normalized spacial score (nSPS) is 19.9. The van der Waals surface area contributed by atoms with Crippen LogP contribution in [-0.2, 0) is 4.79 Å². The van der Waals surface area contributed by atoms with E-state index >= 15 is 0 Å². The fourth-order valence-electron chi connectivity index (χ4n) is 3.53. The second-order valence-corrected chi connectivity index (χ2v) is 9.19. The Bertz CT molecular complexity index is 1070. The first-order chi connectivity index (χ1) is 13.9. The van der Waals surface area contributed by atoms with Crippen LogP contribution in [0.3, 0.4) is 0 Å². The number of pyridine rings is 1. The molecule has 0 radical (unpaired) electrons. The third-order valence-corrected chi connectivity index (χ3v) is 6.50. The van der Waals surface area contributed by atoms with E-state index in [9.17, 15) is 9.59 Å². The van der Waals surface area contributed by atoms with Crippen LogP contribution >= 0.6 is 24.0 Å². The van der Waals surface area contributed by atoms with Crippen molar-refractivity contribution in [3.05, 3.63) is 45.2 Å². The number of carbonyl (C=O) groups is 1. The van der Waals surface area contributed by atoms with E-state index in [0.29, 0.717) is 26.3 Å². The molecule has 4 heterocycles. The van der Waals surface area contributed by atoms with Gasteiger partial charge in [-0.05, 0) is 39.1 Å². The summed E-state index contributed by atoms with van der Waals surface area (Å²) in [5.74, 6) is 0.473. The van der Waals surface area contributed by atoms with Gasteiger partial charge in [-0.3, -0.25) is 18.9 Å². The summed E-state index contributed by atoms with van der Waals surface area (Å²) in [7, 11) is 2.08. The minimum Gasteiger partial charge on any atom is -0.353 e. The van der Waals surface area contributed by atoms with E-state index in [1.54, 1.807) is 23.2 Å². The van der Waals surface area contributed by atoms with Gasteiger partial charge in [-0.1, -0.05) is 30.0 Å². The van der Waals surface area contributed by atoms with Gasteiger partial charge < -0.3 is 9.80 Å². The van der Waals surface area contributed by atoms with E-state index < -0.39 is 0 Å². The lowest BCUT2D eigenvalue weighted by molar-refractivity contribution is -0.123. The lowest BCUT2D eigenvalue weighted by Gasteiger charge is -2.34. The Hall–Kier alpha value is -2.23. The van der Waals surface area contributed by atoms with Crippen molar-refractivity contribution in [2.75, 3.05) is 38.1 Å². The van der Waals surface area contributed by atoms with Crippen molar-refractivity contribution in [3.8, 4) is 0 Å². The molecule has 0 N–H and O–H groups in total. The molecule has 2 fully saturated rings. The maximum Gasteiger partial charge on any atom is 0.267 e. The van der Waals surface area contributed by atoms with Crippen LogP contribution in [-0.4, -0.2) is 68.7 Å². The highest BCUT2D eigenvalue weighted by Gasteiger charge is 2.34. The third-order valence-electron chi connectivity index (χ3n) is 5.17. The Morgan fingerprint density at radius 3 is 2.55 bits per heavy atom. The number of hydrogen-bond donors (Lipinski definition) is 0. The lowest BCUT2D eigenvalue weighted by Crippen LogP contribution is -2.45. The number of piperazine rings is 1. The van der Waals surface area contributed by atoms with Crippen molar-refractivity contribution in [1.82, 2.24) is 19.2 Å². The average molecular weight is 430 g/mol. The summed E-state index contributed by atoms with van der Waals surface area (Å²) in [5.41, 5.74) is 0.847. The predicted octanol–water partition coefficient (Wildman–Crippen LogP) is 2.06. The van der Waals surface area contributed by atoms with Crippen LogP contribution < -0.4 is 10.5 Å². The molecule has 2 aliphatic rings. The predicted molar refractivity (Wildman–Crippen MR) is 121 cm³/mol. The van der Waals surface area contributed by atoms with Crippen molar-refractivity contribution < 1.29 is 4.79 Å². The van der Waals surface area contributed by atoms with Crippen molar-refractivity contribution in [3.63, 3.8) is 0 Å². The van der Waals surface area contributed by atoms with Gasteiger partial charge in [0.25, 0.3) is 11.5 Å². The first-order valence-corrected chi connectivity index (χ1v) is 10.8. The number of hydrogen-bond acceptors (Lipinski definition) is 7. The molecule has 9 heteroatoms. The highest BCUT2D eigenvalue weighted by Crippen LogP contribution is 2.34. The summed E-state index contributed by atoms with van der Waals surface area (Å²) in [6.07, 6.45) is 3.37. The summed E-state index contributed by atoms with van der Waals surface area (Å²) < 4.78 is 2.04. The topological polar surface area (TPSA) is 61.2 Å². The van der Waals surface area contributed by atoms with Gasteiger partial charge in [-0.2, -0.15) is 0 Å². The highest BCUT2D eigenvalue weighted by molar-refractivity contribution is 8.26. The quantitative estimate of drug-likeness (QED) is 0.547. The standard InChI is InChI=1S/C20H23N5O2S2/c1-13(2)25-19(27)15(29-20(25)28)12-14-17(23-10-8-22(3)9-11-23)21-16-6-4-5-7-24(16)18(14)26/h4-7,12-13H,8-11H2,1-3H3. The van der Waals surface area contributed by atoms with Crippen LogP contribution in [0.5, 0.6) is 0 Å². The molecular weight excluding hydrogens is 406 g/mol. The molecular formula is C20H23N5O2S2. The van der Waals surface area contributed by atoms with Crippen LogP contribution in [0.1, 0.15) is 19.4 Å². The van der Waals surface area contributed by atoms with Gasteiger partial charge in [0.1, 0.15) is 15.8 Å². The van der Waals surface area contributed by atoms with Crippen LogP contribution in [0.25, 0.3) is 11.7 Å². The Labute approximate surface area is 179 Å². The zero-order valence-electron chi connectivity index (χ0n) is 16.7. The first-order valence-electron chi connectivity index (χ1n) is 9.59. The fraction of sp³-hybridized carbons (Fsp3) is 0.400. The van der Waals surface area contributed by atoms with Crippen LogP contribution in [0.15, 0.2) is 34.1 Å². The molecule has 2 aromatic heterocycles. The van der Waals surface area contributed by atoms with Gasteiger partial charge in [-0.15, -0.1) is 0 Å². The summed E-state index contributed by atoms with van der Waals surface area (Å²) in [4.78, 5) is 37.4. The molecule has 0 saturated carbocycles. The number of rotatable bonds is 3. The maximum absolute atomic E-state index is 13.3. The van der Waals surface area contributed by atoms with Gasteiger partial charge in [0, 0.05) is 38.4 Å². The molecule has 0 atom stereocenters. The summed E-state index contributed by atoms with van der Waals surface area (Å²) >= 11 is 6.62. The highest BCUT2D eigenvalue weighted by atomic mass is 32.2. The second-order valence-electron chi connectivity index (χ2n) is 7.52. The van der Waals surface area contributed by atoms with Gasteiger partial charge in [0.15, 0.2) is 0 Å². The average Bonchev–Trinajstić information content (AvgIpc) is 2.98. The second kappa shape index (κ2) is 7.89. The van der Waals surface area contributed by atoms with Crippen LogP contribution in [0, 0.1) is 0 Å². The zero-order valence-corrected chi connectivity index (χ0v) is 18.3. The van der Waals surface area contributed by atoms with Crippen LogP contribution in [0.2, 0.25) is 0 Å². The van der Waals surface area contributed by atoms with Crippen molar-refractivity contribution in [2.45, 2.75) is 19.9 Å². The van der Waals surface area contributed by atoms with Crippen molar-refractivity contribution in [1.29, 1.82) is 0 Å². The molecule has 29 heavy (non-hydrogen) atoms. The van der Waals surface area contributed by atoms with E-state index in [2.05, 4.69) is 16.8 Å². The van der Waals surface area contributed by atoms with E-state index in [4.69, 9.17) is 17.2 Å². The number of nitrogens with zero attached hydrogens (tertiary/aromatic N) is 5. The van der Waals surface area contributed by atoms with E-state index in [-0.39, 0.29) is 17.5 Å². The summed E-state index contributed by atoms with van der Waals surface area (Å²) in [6.45, 7) is 7.20. The van der Waals surface area contributed by atoms with Crippen molar-refractivity contribution >= 4 is 51.7 Å². The molecule has 0 aromatic carbocycles. The molecule has 2 aromatic rings. The number of likely N-dealkylation sites (N-methyl/N-ethyl adjacent to an activating group) is 1. The van der Waals surface area contributed by atoms with E-state index in [1.807, 2.05) is 26.0 Å². The maximum atomic E-state index is 13.3. The molecule has 7 nitrogen and oxygen atoms in total. The van der Waals surface area contributed by atoms with Crippen LogP contribution in [0.4, 0.5) is 5.82 Å². The zero-order chi connectivity index (χ0) is 20.7. The Balaban J connectivity index is 1.85. The van der Waals surface area contributed by atoms with Gasteiger partial charge in [-0.25, -0.2) is 4.98 Å². The molecule has 0 unspecified atom stereocenters. The van der Waals surface area contributed by atoms with Gasteiger partial charge in [0.05, 0.1) is 10.5 Å². The molecule has 0 aliphatic carbocycles. The Morgan fingerprint density at radius 1 is 1.17 bits per heavy atom. The summed E-state index contributed by atoms with van der Waals surface area (Å²) in [5, 5.41) is 0. The summed E-state index contributed by atoms with van der Waals surface area (Å²) in [6, 6.07) is 5.46. The number of thioether (sulfide) groups is 1. The van der Waals surface area contributed by atoms with E-state index in [0.717, 1.165) is 26.2 Å². The number of thiocarbonyl (C=S) groups is 1. The SMILES string of the molecule is CC(C)N1C(=O)C(=Cc2c(N3CCN(C)CC3)nc3ccccn3c2=O)SC1=S. The molecule has 0 bridgehead atoms. The number of aromatic nitrogens is 2. The molecule has 152 valence electrons. The Kier molecular flexibility index (Phi) is 5.46. The van der Waals surface area contributed by atoms with Crippen molar-refractivity contribution in [2.24, 2.45) is 0 Å². The number of fused-ring (bicyclic) bond motifs is 1. The number of amides is 1. The first kappa shape index (κ1) is 20.1. The molecule has 2 aliphatic heterocycles. The van der Waals surface area contributed by atoms with E-state index in [1.165, 1.54) is 16.2 Å². The molecule has 4 rings (SSSR count). The van der Waals surface area contributed by atoms with Gasteiger partial charge >= 0.3 is 0 Å². The monoisotopic (exact) mass is 429 g/mol. The third kappa shape index (κ3) is 3.70. The van der Waals surface area contributed by atoms with Gasteiger partial charge in [0.2, 0.25) is 0 Å². The molecule has 2 saturated heterocycles. The number of anilines is 1.